The van der Waals surface area contributed by atoms with Gasteiger partial charge in [0, 0.05) is 0 Å². The average molecular weight is 301 g/mol. The van der Waals surface area contributed by atoms with E-state index in [1.54, 1.807) is 6.92 Å². The minimum absolute atomic E-state index is 0.0846. The highest BCUT2D eigenvalue weighted by Gasteiger charge is 2.32. The first-order chi connectivity index (χ1) is 9.38. The number of sulfonamides is 1. The number of hydrogen-bond donors (Lipinski definition) is 3. The Morgan fingerprint density at radius 2 is 1.75 bits per heavy atom. The molecule has 0 spiro atoms. The van der Waals surface area contributed by atoms with Crippen LogP contribution in [0.5, 0.6) is 0 Å². The van der Waals surface area contributed by atoms with Crippen molar-refractivity contribution in [1.29, 1.82) is 0 Å². The lowest BCUT2D eigenvalue weighted by molar-refractivity contribution is 0.105. The van der Waals surface area contributed by atoms with Gasteiger partial charge in [0.25, 0.3) is 0 Å². The quantitative estimate of drug-likeness (QED) is 0.664. The molecule has 20 heavy (non-hydrogen) atoms. The first kappa shape index (κ1) is 17.1. The van der Waals surface area contributed by atoms with Crippen molar-refractivity contribution in [1.82, 2.24) is 4.72 Å². The monoisotopic (exact) mass is 301 g/mol. The Morgan fingerprint density at radius 3 is 2.20 bits per heavy atom. The van der Waals surface area contributed by atoms with E-state index in [0.29, 0.717) is 6.42 Å². The standard InChI is InChI=1S/C14H23NO4S/c1-3-14(10-16,11-17)15-20(18,19)9-12(2)13-7-5-4-6-8-13/h4-8,12,15-17H,3,9-11H2,1-2H3. The third-order valence-electron chi connectivity index (χ3n) is 3.49. The number of nitrogens with one attached hydrogen (secondary N) is 1. The van der Waals surface area contributed by atoms with E-state index in [2.05, 4.69) is 4.72 Å². The fourth-order valence-electron chi connectivity index (χ4n) is 1.99. The van der Waals surface area contributed by atoms with Crippen LogP contribution in [0.25, 0.3) is 0 Å². The molecule has 0 saturated heterocycles. The van der Waals surface area contributed by atoms with Crippen molar-refractivity contribution < 1.29 is 18.6 Å². The van der Waals surface area contributed by atoms with Gasteiger partial charge in [-0.25, -0.2) is 13.1 Å². The van der Waals surface area contributed by atoms with E-state index in [1.807, 2.05) is 37.3 Å². The lowest BCUT2D eigenvalue weighted by atomic mass is 10.0. The lowest BCUT2D eigenvalue weighted by Gasteiger charge is -2.29. The molecule has 6 heteroatoms. The van der Waals surface area contributed by atoms with E-state index in [0.717, 1.165) is 5.56 Å². The van der Waals surface area contributed by atoms with E-state index >= 15 is 0 Å². The van der Waals surface area contributed by atoms with Crippen LogP contribution >= 0.6 is 0 Å². The lowest BCUT2D eigenvalue weighted by Crippen LogP contribution is -2.54. The molecular formula is C14H23NO4S. The summed E-state index contributed by atoms with van der Waals surface area (Å²) in [5.74, 6) is -0.251. The highest BCUT2D eigenvalue weighted by molar-refractivity contribution is 7.89. The predicted octanol–water partition coefficient (Wildman–Crippen LogP) is 0.843. The normalized spacial score (nSPS) is 14.2. The largest absolute Gasteiger partial charge is 0.394 e. The van der Waals surface area contributed by atoms with Gasteiger partial charge in [0.15, 0.2) is 0 Å². The molecule has 1 aromatic carbocycles. The van der Waals surface area contributed by atoms with Gasteiger partial charge in [0.1, 0.15) is 0 Å². The molecule has 0 saturated carbocycles. The average Bonchev–Trinajstić information content (AvgIpc) is 2.45. The van der Waals surface area contributed by atoms with Crippen LogP contribution in [0.4, 0.5) is 0 Å². The second kappa shape index (κ2) is 7.17. The van der Waals surface area contributed by atoms with Gasteiger partial charge in [-0.2, -0.15) is 0 Å². The zero-order valence-corrected chi connectivity index (χ0v) is 12.7. The minimum Gasteiger partial charge on any atom is -0.394 e. The summed E-state index contributed by atoms with van der Waals surface area (Å²) in [5, 5.41) is 18.6. The maximum atomic E-state index is 12.2. The van der Waals surface area contributed by atoms with Crippen molar-refractivity contribution in [3.8, 4) is 0 Å². The zero-order chi connectivity index (χ0) is 15.2. The van der Waals surface area contributed by atoms with Gasteiger partial charge in [0.2, 0.25) is 10.0 Å². The van der Waals surface area contributed by atoms with Crippen LogP contribution in [0, 0.1) is 0 Å². The number of rotatable bonds is 8. The second-order valence-corrected chi connectivity index (χ2v) is 6.91. The Bertz CT molecular complexity index is 489. The maximum absolute atomic E-state index is 12.2. The summed E-state index contributed by atoms with van der Waals surface area (Å²) >= 11 is 0. The van der Waals surface area contributed by atoms with Crippen molar-refractivity contribution >= 4 is 10.0 Å². The number of aliphatic hydroxyl groups excluding tert-OH is 2. The number of benzene rings is 1. The van der Waals surface area contributed by atoms with Crippen LogP contribution < -0.4 is 4.72 Å². The summed E-state index contributed by atoms with van der Waals surface area (Å²) in [4.78, 5) is 0. The third-order valence-corrected chi connectivity index (χ3v) is 5.17. The number of hydrogen-bond acceptors (Lipinski definition) is 4. The second-order valence-electron chi connectivity index (χ2n) is 5.15. The molecule has 1 unspecified atom stereocenters. The van der Waals surface area contributed by atoms with E-state index in [4.69, 9.17) is 0 Å². The summed E-state index contributed by atoms with van der Waals surface area (Å²) in [6.07, 6.45) is 0.318. The molecule has 5 nitrogen and oxygen atoms in total. The molecule has 3 N–H and O–H groups in total. The SMILES string of the molecule is CCC(CO)(CO)NS(=O)(=O)CC(C)c1ccccc1. The van der Waals surface area contributed by atoms with Gasteiger partial charge >= 0.3 is 0 Å². The molecule has 0 aromatic heterocycles. The van der Waals surface area contributed by atoms with Crippen LogP contribution in [0.1, 0.15) is 31.7 Å². The Morgan fingerprint density at radius 1 is 1.20 bits per heavy atom. The predicted molar refractivity (Wildman–Crippen MR) is 79.0 cm³/mol. The van der Waals surface area contributed by atoms with Crippen LogP contribution in [-0.2, 0) is 10.0 Å². The first-order valence-corrected chi connectivity index (χ1v) is 8.31. The Kier molecular flexibility index (Phi) is 6.13. The highest BCUT2D eigenvalue weighted by atomic mass is 32.2. The number of aliphatic hydroxyl groups is 2. The summed E-state index contributed by atoms with van der Waals surface area (Å²) in [6, 6.07) is 9.37. The van der Waals surface area contributed by atoms with Gasteiger partial charge in [-0.3, -0.25) is 0 Å². The van der Waals surface area contributed by atoms with Crippen LogP contribution in [-0.4, -0.2) is 43.1 Å². The molecule has 0 aliphatic carbocycles. The van der Waals surface area contributed by atoms with E-state index < -0.39 is 28.8 Å². The smallest absolute Gasteiger partial charge is 0.212 e. The van der Waals surface area contributed by atoms with Crippen LogP contribution in [0.15, 0.2) is 30.3 Å². The molecule has 1 rings (SSSR count). The molecule has 1 aromatic rings. The highest BCUT2D eigenvalue weighted by Crippen LogP contribution is 2.18. The van der Waals surface area contributed by atoms with E-state index in [-0.39, 0.29) is 11.7 Å². The Labute approximate surface area is 120 Å². The van der Waals surface area contributed by atoms with Crippen molar-refractivity contribution in [3.05, 3.63) is 35.9 Å². The molecule has 0 fully saturated rings. The fourth-order valence-corrected chi connectivity index (χ4v) is 3.86. The maximum Gasteiger partial charge on any atom is 0.212 e. The van der Waals surface area contributed by atoms with Gasteiger partial charge in [0.05, 0.1) is 24.5 Å². The van der Waals surface area contributed by atoms with Gasteiger partial charge in [-0.15, -0.1) is 0 Å². The molecule has 0 heterocycles. The van der Waals surface area contributed by atoms with E-state index in [9.17, 15) is 18.6 Å². The van der Waals surface area contributed by atoms with Crippen LogP contribution in [0.2, 0.25) is 0 Å². The zero-order valence-electron chi connectivity index (χ0n) is 11.9. The third kappa shape index (κ3) is 4.56. The molecule has 0 amide bonds. The van der Waals surface area contributed by atoms with E-state index in [1.165, 1.54) is 0 Å². The molecule has 1 atom stereocenters. The van der Waals surface area contributed by atoms with Crippen molar-refractivity contribution in [2.24, 2.45) is 0 Å². The van der Waals surface area contributed by atoms with Crippen molar-refractivity contribution in [2.45, 2.75) is 31.7 Å². The van der Waals surface area contributed by atoms with Gasteiger partial charge in [-0.1, -0.05) is 44.2 Å². The van der Waals surface area contributed by atoms with Gasteiger partial charge in [-0.05, 0) is 17.9 Å². The molecule has 0 aliphatic rings. The minimum atomic E-state index is -3.59. The summed E-state index contributed by atoms with van der Waals surface area (Å²) in [7, 11) is -3.59. The molecule has 0 bridgehead atoms. The van der Waals surface area contributed by atoms with Crippen molar-refractivity contribution in [2.75, 3.05) is 19.0 Å². The summed E-state index contributed by atoms with van der Waals surface area (Å²) < 4.78 is 26.8. The van der Waals surface area contributed by atoms with Crippen molar-refractivity contribution in [3.63, 3.8) is 0 Å². The topological polar surface area (TPSA) is 86.6 Å². The summed E-state index contributed by atoms with van der Waals surface area (Å²) in [5.41, 5.74) is -0.247. The molecule has 0 radical (unpaired) electrons. The van der Waals surface area contributed by atoms with Crippen LogP contribution in [0.3, 0.4) is 0 Å². The molecule has 0 aliphatic heterocycles. The molecule has 114 valence electrons. The fraction of sp³-hybridized carbons (Fsp3) is 0.571. The van der Waals surface area contributed by atoms with Gasteiger partial charge < -0.3 is 10.2 Å². The Balaban J connectivity index is 2.80. The summed E-state index contributed by atoms with van der Waals surface area (Å²) in [6.45, 7) is 2.69. The molecular weight excluding hydrogens is 278 g/mol. The Hall–Kier alpha value is -0.950. The first-order valence-electron chi connectivity index (χ1n) is 6.66.